The molecule has 2 nitrogen and oxygen atoms in total. The second kappa shape index (κ2) is 5.90. The Labute approximate surface area is 130 Å². The molecule has 0 fully saturated rings. The van der Waals surface area contributed by atoms with Crippen LogP contribution in [0.4, 0.5) is 0 Å². The molecule has 0 bridgehead atoms. The Kier molecular flexibility index (Phi) is 4.45. The summed E-state index contributed by atoms with van der Waals surface area (Å²) >= 11 is 14.3. The maximum absolute atomic E-state index is 5.92. The monoisotopic (exact) mass is 355 g/mol. The Bertz CT molecular complexity index is 645. The highest BCUT2D eigenvalue weighted by Gasteiger charge is 2.10. The second-order valence-corrected chi connectivity index (χ2v) is 5.81. The molecule has 0 aromatic heterocycles. The standard InChI is InChI=1S/C14H11BrClNOS/c1-8-6-10(16)3-5-12(8)18-13-4-2-9(15)7-11(13)14(17)19/h2-7H,1H3,(H2,17,19). The number of halogens is 2. The molecule has 0 atom stereocenters. The van der Waals surface area contributed by atoms with E-state index in [0.717, 1.165) is 15.8 Å². The second-order valence-electron chi connectivity index (χ2n) is 4.02. The minimum absolute atomic E-state index is 0.294. The molecule has 0 amide bonds. The molecular weight excluding hydrogens is 346 g/mol. The normalized spacial score (nSPS) is 10.3. The third-order valence-electron chi connectivity index (χ3n) is 2.56. The fourth-order valence-corrected chi connectivity index (χ4v) is 2.38. The van der Waals surface area contributed by atoms with Crippen LogP contribution in [0.25, 0.3) is 0 Å². The predicted molar refractivity (Wildman–Crippen MR) is 86.3 cm³/mol. The molecule has 19 heavy (non-hydrogen) atoms. The van der Waals surface area contributed by atoms with E-state index in [1.807, 2.05) is 37.3 Å². The van der Waals surface area contributed by atoms with Crippen LogP contribution in [0.2, 0.25) is 5.02 Å². The molecule has 0 heterocycles. The summed E-state index contributed by atoms with van der Waals surface area (Å²) in [6.07, 6.45) is 0. The summed E-state index contributed by atoms with van der Waals surface area (Å²) in [6.45, 7) is 1.93. The van der Waals surface area contributed by atoms with Gasteiger partial charge in [0.2, 0.25) is 0 Å². The first-order chi connectivity index (χ1) is 8.97. The number of aryl methyl sites for hydroxylation is 1. The molecule has 0 saturated carbocycles. The van der Waals surface area contributed by atoms with Crippen molar-refractivity contribution in [2.75, 3.05) is 0 Å². The van der Waals surface area contributed by atoms with Gasteiger partial charge >= 0.3 is 0 Å². The lowest BCUT2D eigenvalue weighted by Gasteiger charge is -2.12. The third kappa shape index (κ3) is 3.47. The van der Waals surface area contributed by atoms with E-state index in [2.05, 4.69) is 15.9 Å². The summed E-state index contributed by atoms with van der Waals surface area (Å²) < 4.78 is 6.76. The van der Waals surface area contributed by atoms with Gasteiger partial charge in [-0.1, -0.05) is 39.7 Å². The van der Waals surface area contributed by atoms with Crippen LogP contribution in [0.15, 0.2) is 40.9 Å². The van der Waals surface area contributed by atoms with Gasteiger partial charge in [-0.05, 0) is 48.9 Å². The van der Waals surface area contributed by atoms with E-state index < -0.39 is 0 Å². The molecule has 2 aromatic rings. The Balaban J connectivity index is 2.40. The summed E-state index contributed by atoms with van der Waals surface area (Å²) in [6, 6.07) is 11.0. The van der Waals surface area contributed by atoms with Gasteiger partial charge in [-0.25, -0.2) is 0 Å². The number of rotatable bonds is 3. The fourth-order valence-electron chi connectivity index (χ4n) is 1.63. The molecule has 2 rings (SSSR count). The fraction of sp³-hybridized carbons (Fsp3) is 0.0714. The van der Waals surface area contributed by atoms with Crippen LogP contribution in [0.1, 0.15) is 11.1 Å². The van der Waals surface area contributed by atoms with Crippen molar-refractivity contribution in [1.29, 1.82) is 0 Å². The Morgan fingerprint density at radius 1 is 1.21 bits per heavy atom. The van der Waals surface area contributed by atoms with Crippen LogP contribution in [0.5, 0.6) is 11.5 Å². The minimum Gasteiger partial charge on any atom is -0.456 e. The van der Waals surface area contributed by atoms with Gasteiger partial charge < -0.3 is 10.5 Å². The molecule has 0 radical (unpaired) electrons. The minimum atomic E-state index is 0.294. The maximum atomic E-state index is 5.92. The quantitative estimate of drug-likeness (QED) is 0.799. The number of hydrogen-bond donors (Lipinski definition) is 1. The first-order valence-corrected chi connectivity index (χ1v) is 7.08. The van der Waals surface area contributed by atoms with E-state index in [1.54, 1.807) is 6.07 Å². The first-order valence-electron chi connectivity index (χ1n) is 5.51. The molecule has 0 aliphatic carbocycles. The highest BCUT2D eigenvalue weighted by atomic mass is 79.9. The average Bonchev–Trinajstić information content (AvgIpc) is 2.34. The smallest absolute Gasteiger partial charge is 0.137 e. The van der Waals surface area contributed by atoms with Crippen molar-refractivity contribution in [3.05, 3.63) is 57.0 Å². The number of benzene rings is 2. The highest BCUT2D eigenvalue weighted by molar-refractivity contribution is 9.10. The molecule has 0 saturated heterocycles. The first kappa shape index (κ1) is 14.3. The predicted octanol–water partition coefficient (Wildman–Crippen LogP) is 4.84. The van der Waals surface area contributed by atoms with Gasteiger partial charge in [0.15, 0.2) is 0 Å². The Morgan fingerprint density at radius 2 is 1.89 bits per heavy atom. The molecule has 2 N–H and O–H groups in total. The van der Waals surface area contributed by atoms with Gasteiger partial charge in [0, 0.05) is 9.50 Å². The molecular formula is C14H11BrClNOS. The summed E-state index contributed by atoms with van der Waals surface area (Å²) in [7, 11) is 0. The van der Waals surface area contributed by atoms with Crippen molar-refractivity contribution in [3.63, 3.8) is 0 Å². The van der Waals surface area contributed by atoms with Crippen LogP contribution >= 0.6 is 39.7 Å². The number of ether oxygens (including phenoxy) is 1. The highest BCUT2D eigenvalue weighted by Crippen LogP contribution is 2.31. The van der Waals surface area contributed by atoms with Crippen molar-refractivity contribution in [1.82, 2.24) is 0 Å². The van der Waals surface area contributed by atoms with Gasteiger partial charge in [0.1, 0.15) is 16.5 Å². The lowest BCUT2D eigenvalue weighted by Crippen LogP contribution is -2.10. The number of nitrogens with two attached hydrogens (primary N) is 1. The summed E-state index contributed by atoms with van der Waals surface area (Å²) in [4.78, 5) is 0.294. The van der Waals surface area contributed by atoms with Crippen LogP contribution in [-0.2, 0) is 0 Å². The van der Waals surface area contributed by atoms with Crippen molar-refractivity contribution >= 4 is 44.7 Å². The largest absolute Gasteiger partial charge is 0.456 e. The Hall–Kier alpha value is -1.10. The average molecular weight is 357 g/mol. The van der Waals surface area contributed by atoms with E-state index in [-0.39, 0.29) is 0 Å². The molecule has 0 unspecified atom stereocenters. The molecule has 0 aliphatic heterocycles. The van der Waals surface area contributed by atoms with E-state index >= 15 is 0 Å². The zero-order chi connectivity index (χ0) is 14.0. The molecule has 98 valence electrons. The lowest BCUT2D eigenvalue weighted by molar-refractivity contribution is 0.478. The van der Waals surface area contributed by atoms with E-state index in [9.17, 15) is 0 Å². The van der Waals surface area contributed by atoms with E-state index in [1.165, 1.54) is 0 Å². The molecule has 0 aliphatic rings. The van der Waals surface area contributed by atoms with Crippen molar-refractivity contribution in [3.8, 4) is 11.5 Å². The van der Waals surface area contributed by atoms with Crippen molar-refractivity contribution < 1.29 is 4.74 Å². The zero-order valence-corrected chi connectivity index (χ0v) is 13.3. The summed E-state index contributed by atoms with van der Waals surface area (Å²) in [5.41, 5.74) is 7.35. The summed E-state index contributed by atoms with van der Waals surface area (Å²) in [5.74, 6) is 1.35. The van der Waals surface area contributed by atoms with Crippen molar-refractivity contribution in [2.24, 2.45) is 5.73 Å². The van der Waals surface area contributed by atoms with Gasteiger partial charge in [-0.3, -0.25) is 0 Å². The number of thiocarbonyl (C=S) groups is 1. The number of hydrogen-bond acceptors (Lipinski definition) is 2. The molecule has 2 aromatic carbocycles. The van der Waals surface area contributed by atoms with Crippen LogP contribution in [0, 0.1) is 6.92 Å². The molecule has 0 spiro atoms. The van der Waals surface area contributed by atoms with Crippen LogP contribution < -0.4 is 10.5 Å². The zero-order valence-electron chi connectivity index (χ0n) is 10.1. The Morgan fingerprint density at radius 3 is 2.53 bits per heavy atom. The SMILES string of the molecule is Cc1cc(Cl)ccc1Oc1ccc(Br)cc1C(N)=S. The summed E-state index contributed by atoms with van der Waals surface area (Å²) in [5, 5.41) is 0.676. The van der Waals surface area contributed by atoms with Crippen molar-refractivity contribution in [2.45, 2.75) is 6.92 Å². The van der Waals surface area contributed by atoms with Gasteiger partial charge in [0.05, 0.1) is 5.56 Å². The maximum Gasteiger partial charge on any atom is 0.137 e. The van der Waals surface area contributed by atoms with Gasteiger partial charge in [0.25, 0.3) is 0 Å². The van der Waals surface area contributed by atoms with Crippen LogP contribution in [-0.4, -0.2) is 4.99 Å². The molecule has 5 heteroatoms. The van der Waals surface area contributed by atoms with Gasteiger partial charge in [-0.2, -0.15) is 0 Å². The van der Waals surface area contributed by atoms with E-state index in [0.29, 0.717) is 21.3 Å². The van der Waals surface area contributed by atoms with Crippen LogP contribution in [0.3, 0.4) is 0 Å². The lowest BCUT2D eigenvalue weighted by atomic mass is 10.2. The third-order valence-corrected chi connectivity index (χ3v) is 3.51. The van der Waals surface area contributed by atoms with Gasteiger partial charge in [-0.15, -0.1) is 0 Å². The van der Waals surface area contributed by atoms with E-state index in [4.69, 9.17) is 34.3 Å². The topological polar surface area (TPSA) is 35.2 Å².